The zero-order valence-corrected chi connectivity index (χ0v) is 34.0. The molecule has 0 atom stereocenters. The number of benzene rings is 9. The van der Waals surface area contributed by atoms with Gasteiger partial charge in [0.2, 0.25) is 0 Å². The van der Waals surface area contributed by atoms with Crippen LogP contribution in [0.3, 0.4) is 0 Å². The van der Waals surface area contributed by atoms with Gasteiger partial charge in [-0.2, -0.15) is 0 Å². The Labute approximate surface area is 362 Å². The molecule has 0 aliphatic heterocycles. The molecule has 294 valence electrons. The van der Waals surface area contributed by atoms with Crippen molar-refractivity contribution in [2.75, 3.05) is 0 Å². The van der Waals surface area contributed by atoms with Crippen LogP contribution in [0, 0.1) is 0 Å². The number of fused-ring (bicyclic) bond motifs is 9. The minimum absolute atomic E-state index is 0.650. The van der Waals surface area contributed by atoms with Crippen LogP contribution < -0.4 is 0 Å². The molecule has 0 unspecified atom stereocenters. The van der Waals surface area contributed by atoms with Gasteiger partial charge in [0.05, 0.1) is 27.8 Å². The maximum absolute atomic E-state index is 6.72. The summed E-state index contributed by atoms with van der Waals surface area (Å²) in [4.78, 5) is 10.5. The Morgan fingerprint density at radius 3 is 1.43 bits per heavy atom. The van der Waals surface area contributed by atoms with Gasteiger partial charge in [-0.15, -0.1) is 0 Å². The molecule has 4 heterocycles. The summed E-state index contributed by atoms with van der Waals surface area (Å²) in [6.45, 7) is 0. The molecule has 0 fully saturated rings. The average molecular weight is 805 g/mol. The zero-order chi connectivity index (χ0) is 41.4. The van der Waals surface area contributed by atoms with E-state index in [2.05, 4.69) is 191 Å². The lowest BCUT2D eigenvalue weighted by Crippen LogP contribution is -2.02. The van der Waals surface area contributed by atoms with E-state index in [4.69, 9.17) is 14.4 Å². The molecule has 13 aromatic rings. The van der Waals surface area contributed by atoms with E-state index >= 15 is 0 Å². The standard InChI is InChI=1S/C58H36N4O/c1-5-19-37(20-6-1)45-33-40(54-57-55(44-29-15-18-32-53(44)63-57)60-58(59-54)39-23-9-3-10-24-39)34-46(38-21-7-2-8-22-38)56(45)62-50-31-17-14-28-43(50)48-35-51-47(36-52(48)62)42-27-13-16-30-49(42)61(51)41-25-11-4-12-26-41/h1-36H. The van der Waals surface area contributed by atoms with E-state index < -0.39 is 0 Å². The second-order valence-corrected chi connectivity index (χ2v) is 16.1. The summed E-state index contributed by atoms with van der Waals surface area (Å²) in [5, 5.41) is 5.75. The second-order valence-electron chi connectivity index (χ2n) is 16.1. The van der Waals surface area contributed by atoms with Crippen LogP contribution in [0.5, 0.6) is 0 Å². The van der Waals surface area contributed by atoms with Gasteiger partial charge < -0.3 is 13.6 Å². The van der Waals surface area contributed by atoms with E-state index in [9.17, 15) is 0 Å². The van der Waals surface area contributed by atoms with Crippen molar-refractivity contribution in [1.29, 1.82) is 0 Å². The second kappa shape index (κ2) is 14.0. The van der Waals surface area contributed by atoms with Gasteiger partial charge >= 0.3 is 0 Å². The number of para-hydroxylation sites is 4. The fraction of sp³-hybridized carbons (Fsp3) is 0. The van der Waals surface area contributed by atoms with Crippen LogP contribution in [0.1, 0.15) is 0 Å². The Balaban J connectivity index is 1.18. The first-order valence-electron chi connectivity index (χ1n) is 21.3. The molecular weight excluding hydrogens is 769 g/mol. The smallest absolute Gasteiger partial charge is 0.180 e. The maximum Gasteiger partial charge on any atom is 0.180 e. The topological polar surface area (TPSA) is 48.8 Å². The van der Waals surface area contributed by atoms with Gasteiger partial charge in [0.15, 0.2) is 11.4 Å². The monoisotopic (exact) mass is 804 g/mol. The van der Waals surface area contributed by atoms with E-state index in [1.807, 2.05) is 36.4 Å². The van der Waals surface area contributed by atoms with Gasteiger partial charge in [-0.3, -0.25) is 0 Å². The van der Waals surface area contributed by atoms with E-state index in [-0.39, 0.29) is 0 Å². The van der Waals surface area contributed by atoms with Gasteiger partial charge in [-0.25, -0.2) is 9.97 Å². The van der Waals surface area contributed by atoms with Crippen LogP contribution in [-0.2, 0) is 0 Å². The highest BCUT2D eigenvalue weighted by molar-refractivity contribution is 6.19. The van der Waals surface area contributed by atoms with E-state index in [0.29, 0.717) is 11.4 Å². The Hall–Kier alpha value is -8.54. The van der Waals surface area contributed by atoms with Crippen molar-refractivity contribution in [3.05, 3.63) is 218 Å². The van der Waals surface area contributed by atoms with Gasteiger partial charge in [0.25, 0.3) is 0 Å². The molecule has 0 bridgehead atoms. The fourth-order valence-corrected chi connectivity index (χ4v) is 9.72. The van der Waals surface area contributed by atoms with Crippen molar-refractivity contribution >= 4 is 65.7 Å². The molecule has 4 aromatic heterocycles. The molecule has 63 heavy (non-hydrogen) atoms. The third-order valence-electron chi connectivity index (χ3n) is 12.5. The van der Waals surface area contributed by atoms with Crippen LogP contribution in [0.15, 0.2) is 223 Å². The van der Waals surface area contributed by atoms with Gasteiger partial charge in [0.1, 0.15) is 16.8 Å². The third kappa shape index (κ3) is 5.50. The molecule has 5 nitrogen and oxygen atoms in total. The quantitative estimate of drug-likeness (QED) is 0.168. The first-order valence-corrected chi connectivity index (χ1v) is 21.3. The highest BCUT2D eigenvalue weighted by atomic mass is 16.3. The molecule has 0 N–H and O–H groups in total. The molecule has 0 radical (unpaired) electrons. The van der Waals surface area contributed by atoms with Crippen molar-refractivity contribution in [3.8, 4) is 56.3 Å². The van der Waals surface area contributed by atoms with E-state index in [1.54, 1.807) is 0 Å². The zero-order valence-electron chi connectivity index (χ0n) is 34.0. The summed E-state index contributed by atoms with van der Waals surface area (Å²) in [6, 6.07) is 77.6. The van der Waals surface area contributed by atoms with Gasteiger partial charge in [-0.1, -0.05) is 158 Å². The molecule has 0 spiro atoms. The Morgan fingerprint density at radius 1 is 0.349 bits per heavy atom. The van der Waals surface area contributed by atoms with Crippen molar-refractivity contribution in [2.45, 2.75) is 0 Å². The lowest BCUT2D eigenvalue weighted by molar-refractivity contribution is 0.667. The average Bonchev–Trinajstić information content (AvgIpc) is 4.01. The van der Waals surface area contributed by atoms with Gasteiger partial charge in [0, 0.05) is 54.9 Å². The van der Waals surface area contributed by atoms with Crippen LogP contribution in [0.4, 0.5) is 0 Å². The molecular formula is C58H36N4O. The fourth-order valence-electron chi connectivity index (χ4n) is 9.72. The van der Waals surface area contributed by atoms with Crippen LogP contribution in [-0.4, -0.2) is 19.1 Å². The minimum atomic E-state index is 0.650. The summed E-state index contributed by atoms with van der Waals surface area (Å²) in [7, 11) is 0. The summed E-state index contributed by atoms with van der Waals surface area (Å²) in [5.41, 5.74) is 16.0. The van der Waals surface area contributed by atoms with Gasteiger partial charge in [-0.05, 0) is 71.8 Å². The SMILES string of the molecule is c1ccc(-c2nc(-c3cc(-c4ccccc4)c(-n4c5ccccc5c5cc6c(cc54)c4ccccc4n6-c4ccccc4)c(-c4ccccc4)c3)c3oc4ccccc4c3n2)cc1. The Bertz CT molecular complexity index is 3820. The van der Waals surface area contributed by atoms with Crippen LogP contribution in [0.2, 0.25) is 0 Å². The highest BCUT2D eigenvalue weighted by Gasteiger charge is 2.26. The van der Waals surface area contributed by atoms with Crippen LogP contribution >= 0.6 is 0 Å². The highest BCUT2D eigenvalue weighted by Crippen LogP contribution is 2.47. The first kappa shape index (κ1) is 35.2. The summed E-state index contributed by atoms with van der Waals surface area (Å²) < 4.78 is 11.6. The van der Waals surface area contributed by atoms with Crippen molar-refractivity contribution in [1.82, 2.24) is 19.1 Å². The van der Waals surface area contributed by atoms with Crippen molar-refractivity contribution < 1.29 is 4.42 Å². The predicted molar refractivity (Wildman–Crippen MR) is 260 cm³/mol. The summed E-state index contributed by atoms with van der Waals surface area (Å²) in [6.07, 6.45) is 0. The number of rotatable bonds is 6. The van der Waals surface area contributed by atoms with Crippen molar-refractivity contribution in [2.24, 2.45) is 0 Å². The molecule has 0 aliphatic rings. The molecule has 0 saturated carbocycles. The number of aromatic nitrogens is 4. The minimum Gasteiger partial charge on any atom is -0.452 e. The van der Waals surface area contributed by atoms with Crippen LogP contribution in [0.25, 0.3) is 122 Å². The first-order chi connectivity index (χ1) is 31.3. The normalized spacial score (nSPS) is 11.8. The molecule has 0 amide bonds. The number of hydrogen-bond donors (Lipinski definition) is 0. The van der Waals surface area contributed by atoms with E-state index in [0.717, 1.165) is 78.0 Å². The molecule has 9 aromatic carbocycles. The molecule has 0 saturated heterocycles. The lowest BCUT2D eigenvalue weighted by Gasteiger charge is -2.21. The summed E-state index contributed by atoms with van der Waals surface area (Å²) in [5.74, 6) is 0.650. The Kier molecular flexibility index (Phi) is 7.84. The third-order valence-corrected chi connectivity index (χ3v) is 12.5. The molecule has 13 rings (SSSR count). The largest absolute Gasteiger partial charge is 0.452 e. The van der Waals surface area contributed by atoms with E-state index in [1.165, 1.54) is 32.6 Å². The summed E-state index contributed by atoms with van der Waals surface area (Å²) >= 11 is 0. The number of hydrogen-bond acceptors (Lipinski definition) is 3. The number of furan rings is 1. The number of nitrogens with zero attached hydrogens (tertiary/aromatic N) is 4. The predicted octanol–water partition coefficient (Wildman–Crippen LogP) is 15.2. The molecule has 0 aliphatic carbocycles. The Morgan fingerprint density at radius 2 is 0.825 bits per heavy atom. The van der Waals surface area contributed by atoms with Crippen molar-refractivity contribution in [3.63, 3.8) is 0 Å². The maximum atomic E-state index is 6.72. The lowest BCUT2D eigenvalue weighted by atomic mass is 9.91. The molecule has 5 heteroatoms.